The van der Waals surface area contributed by atoms with E-state index in [4.69, 9.17) is 21.7 Å². The van der Waals surface area contributed by atoms with Crippen LogP contribution in [0, 0.1) is 0 Å². The lowest BCUT2D eigenvalue weighted by molar-refractivity contribution is -0.118. The number of carbonyl (C=O) groups is 1. The van der Waals surface area contributed by atoms with Gasteiger partial charge in [0, 0.05) is 35.1 Å². The van der Waals surface area contributed by atoms with E-state index < -0.39 is 0 Å². The maximum atomic E-state index is 12.5. The first-order valence-corrected chi connectivity index (χ1v) is 13.9. The molecule has 1 aliphatic heterocycles. The number of amides is 1. The molecule has 1 aliphatic rings. The number of anilines is 2. The van der Waals surface area contributed by atoms with Gasteiger partial charge >= 0.3 is 0 Å². The van der Waals surface area contributed by atoms with Gasteiger partial charge < -0.3 is 29.6 Å². The van der Waals surface area contributed by atoms with Crippen LogP contribution in [-0.2, 0) is 4.79 Å². The number of ether oxygens (including phenoxy) is 2. The molecule has 0 bridgehead atoms. The number of benzene rings is 3. The van der Waals surface area contributed by atoms with Crippen molar-refractivity contribution in [3.8, 4) is 17.2 Å². The van der Waals surface area contributed by atoms with Crippen LogP contribution in [0.25, 0.3) is 5.69 Å². The van der Waals surface area contributed by atoms with Crippen molar-refractivity contribution in [1.29, 1.82) is 0 Å². The summed E-state index contributed by atoms with van der Waals surface area (Å²) in [6.45, 7) is -0.0813. The summed E-state index contributed by atoms with van der Waals surface area (Å²) >= 11 is 5.90. The summed E-state index contributed by atoms with van der Waals surface area (Å²) in [7, 11) is 1.66. The summed E-state index contributed by atoms with van der Waals surface area (Å²) in [6, 6.07) is 34.5. The molecule has 3 heterocycles. The standard InChI is InChI=1S/C33H29N5O3S/c1-40-26-18-16-24(17-19-26)37-21-7-11-29(37)32-31(28-10-5-6-20-34-28)36-33(42)38(32)25-14-12-23(13-15-25)35-30(39)22-41-27-8-3-2-4-9-27/h2-21,31-32H,22H2,1H3,(H,35,39)(H,36,42)/t31-,32-/m1/s1. The molecule has 2 atom stereocenters. The monoisotopic (exact) mass is 575 g/mol. The second-order valence-corrected chi connectivity index (χ2v) is 10.1. The molecule has 2 N–H and O–H groups in total. The lowest BCUT2D eigenvalue weighted by atomic mass is 10.0. The van der Waals surface area contributed by atoms with Crippen molar-refractivity contribution < 1.29 is 14.3 Å². The second kappa shape index (κ2) is 12.2. The van der Waals surface area contributed by atoms with Gasteiger partial charge in [-0.25, -0.2) is 0 Å². The molecule has 9 heteroatoms. The number of hydrogen-bond donors (Lipinski definition) is 2. The summed E-state index contributed by atoms with van der Waals surface area (Å²) in [5.74, 6) is 1.20. The summed E-state index contributed by atoms with van der Waals surface area (Å²) in [5.41, 5.74) is 4.48. The fourth-order valence-corrected chi connectivity index (χ4v) is 5.46. The summed E-state index contributed by atoms with van der Waals surface area (Å²) < 4.78 is 13.1. The zero-order chi connectivity index (χ0) is 28.9. The number of nitrogens with zero attached hydrogens (tertiary/aromatic N) is 3. The Morgan fingerprint density at radius 2 is 1.62 bits per heavy atom. The Labute approximate surface area is 249 Å². The average Bonchev–Trinajstić information content (AvgIpc) is 3.66. The average molecular weight is 576 g/mol. The highest BCUT2D eigenvalue weighted by molar-refractivity contribution is 7.80. The molecule has 0 unspecified atom stereocenters. The van der Waals surface area contributed by atoms with Crippen molar-refractivity contribution >= 4 is 34.6 Å². The van der Waals surface area contributed by atoms with Crippen LogP contribution in [0.1, 0.15) is 23.5 Å². The van der Waals surface area contributed by atoms with Crippen molar-refractivity contribution in [2.24, 2.45) is 0 Å². The minimum Gasteiger partial charge on any atom is -0.497 e. The first kappa shape index (κ1) is 27.0. The van der Waals surface area contributed by atoms with E-state index in [9.17, 15) is 4.79 Å². The predicted molar refractivity (Wildman–Crippen MR) is 167 cm³/mol. The Hall–Kier alpha value is -5.15. The molecule has 210 valence electrons. The smallest absolute Gasteiger partial charge is 0.262 e. The predicted octanol–water partition coefficient (Wildman–Crippen LogP) is 6.08. The quantitative estimate of drug-likeness (QED) is 0.206. The van der Waals surface area contributed by atoms with Gasteiger partial charge in [-0.15, -0.1) is 0 Å². The summed E-state index contributed by atoms with van der Waals surface area (Å²) in [4.78, 5) is 19.3. The Bertz CT molecular complexity index is 1660. The van der Waals surface area contributed by atoms with Crippen molar-refractivity contribution in [2.75, 3.05) is 23.9 Å². The molecule has 42 heavy (non-hydrogen) atoms. The van der Waals surface area contributed by atoms with Crippen LogP contribution in [0.2, 0.25) is 0 Å². The number of nitrogens with one attached hydrogen (secondary N) is 2. The van der Waals surface area contributed by atoms with Crippen LogP contribution in [0.15, 0.2) is 122 Å². The molecule has 6 rings (SSSR count). The molecule has 0 radical (unpaired) electrons. The number of para-hydroxylation sites is 1. The molecule has 0 saturated carbocycles. The van der Waals surface area contributed by atoms with Gasteiger partial charge in [-0.05, 0) is 97.1 Å². The summed E-state index contributed by atoms with van der Waals surface area (Å²) in [5, 5.41) is 7.00. The van der Waals surface area contributed by atoms with E-state index in [-0.39, 0.29) is 24.6 Å². The minimum atomic E-state index is -0.240. The van der Waals surface area contributed by atoms with E-state index in [2.05, 4.69) is 31.2 Å². The normalized spacial score (nSPS) is 16.1. The molecule has 3 aromatic carbocycles. The van der Waals surface area contributed by atoms with Crippen LogP contribution in [0.3, 0.4) is 0 Å². The third-order valence-corrected chi connectivity index (χ3v) is 7.39. The van der Waals surface area contributed by atoms with Gasteiger partial charge in [-0.2, -0.15) is 0 Å². The number of pyridine rings is 1. The first-order chi connectivity index (χ1) is 20.6. The molecule has 0 spiro atoms. The molecule has 1 fully saturated rings. The highest BCUT2D eigenvalue weighted by Gasteiger charge is 2.42. The van der Waals surface area contributed by atoms with Crippen LogP contribution in [-0.4, -0.2) is 34.3 Å². The Kier molecular flexibility index (Phi) is 7.83. The number of carbonyl (C=O) groups excluding carboxylic acids is 1. The largest absolute Gasteiger partial charge is 0.497 e. The maximum absolute atomic E-state index is 12.5. The highest BCUT2D eigenvalue weighted by atomic mass is 32.1. The third kappa shape index (κ3) is 5.68. The first-order valence-electron chi connectivity index (χ1n) is 13.5. The van der Waals surface area contributed by atoms with Crippen LogP contribution >= 0.6 is 12.2 Å². The highest BCUT2D eigenvalue weighted by Crippen LogP contribution is 2.42. The third-order valence-electron chi connectivity index (χ3n) is 7.07. The molecule has 0 aliphatic carbocycles. The molecule has 2 aromatic heterocycles. The van der Waals surface area contributed by atoms with Crippen molar-refractivity contribution in [3.05, 3.63) is 133 Å². The molecule has 8 nitrogen and oxygen atoms in total. The van der Waals surface area contributed by atoms with E-state index in [0.717, 1.165) is 28.5 Å². The summed E-state index contributed by atoms with van der Waals surface area (Å²) in [6.07, 6.45) is 3.84. The van der Waals surface area contributed by atoms with Gasteiger partial charge in [0.2, 0.25) is 0 Å². The van der Waals surface area contributed by atoms with Gasteiger partial charge in [0.1, 0.15) is 17.5 Å². The molecular formula is C33H29N5O3S. The zero-order valence-electron chi connectivity index (χ0n) is 22.9. The van der Waals surface area contributed by atoms with Crippen molar-refractivity contribution in [3.63, 3.8) is 0 Å². The maximum Gasteiger partial charge on any atom is 0.262 e. The topological polar surface area (TPSA) is 80.7 Å². The minimum absolute atomic E-state index is 0.0813. The van der Waals surface area contributed by atoms with Gasteiger partial charge in [0.05, 0.1) is 18.8 Å². The second-order valence-electron chi connectivity index (χ2n) is 9.69. The Morgan fingerprint density at radius 1 is 0.881 bits per heavy atom. The lowest BCUT2D eigenvalue weighted by Gasteiger charge is -2.29. The van der Waals surface area contributed by atoms with Crippen LogP contribution in [0.5, 0.6) is 11.5 Å². The van der Waals surface area contributed by atoms with E-state index >= 15 is 0 Å². The number of thiocarbonyl (C=S) groups is 1. The van der Waals surface area contributed by atoms with E-state index in [0.29, 0.717) is 16.5 Å². The van der Waals surface area contributed by atoms with Crippen molar-refractivity contribution in [1.82, 2.24) is 14.9 Å². The molecule has 1 saturated heterocycles. The van der Waals surface area contributed by atoms with Gasteiger partial charge in [0.15, 0.2) is 11.7 Å². The van der Waals surface area contributed by atoms with E-state index in [1.54, 1.807) is 13.3 Å². The van der Waals surface area contributed by atoms with Crippen LogP contribution < -0.4 is 25.0 Å². The number of aromatic nitrogens is 2. The fourth-order valence-electron chi connectivity index (χ4n) is 5.11. The van der Waals surface area contributed by atoms with Gasteiger partial charge in [0.25, 0.3) is 5.91 Å². The van der Waals surface area contributed by atoms with Gasteiger partial charge in [-0.1, -0.05) is 24.3 Å². The SMILES string of the molecule is COc1ccc(-n2cccc2[C@@H]2[C@@H](c3ccccn3)NC(=S)N2c2ccc(NC(=O)COc3ccccc3)cc2)cc1. The molecular weight excluding hydrogens is 546 g/mol. The molecule has 5 aromatic rings. The number of methoxy groups -OCH3 is 1. The van der Waals surface area contributed by atoms with Crippen LogP contribution in [0.4, 0.5) is 11.4 Å². The van der Waals surface area contributed by atoms with Gasteiger partial charge in [-0.3, -0.25) is 9.78 Å². The fraction of sp³-hybridized carbons (Fsp3) is 0.121. The number of rotatable bonds is 9. The Morgan fingerprint density at radius 3 is 2.33 bits per heavy atom. The molecule has 1 amide bonds. The number of hydrogen-bond acceptors (Lipinski definition) is 5. The zero-order valence-corrected chi connectivity index (χ0v) is 23.7. The van der Waals surface area contributed by atoms with Crippen molar-refractivity contribution in [2.45, 2.75) is 12.1 Å². The van der Waals surface area contributed by atoms with E-state index in [1.165, 1.54) is 0 Å². The lowest BCUT2D eigenvalue weighted by Crippen LogP contribution is -2.30. The Balaban J connectivity index is 1.28. The van der Waals surface area contributed by atoms with E-state index in [1.807, 2.05) is 109 Å².